The zero-order chi connectivity index (χ0) is 11.0. The first-order valence-corrected chi connectivity index (χ1v) is 5.08. The Morgan fingerprint density at radius 3 is 2.87 bits per heavy atom. The van der Waals surface area contributed by atoms with Gasteiger partial charge in [0, 0.05) is 12.1 Å². The maximum Gasteiger partial charge on any atom is 0.351 e. The van der Waals surface area contributed by atoms with Gasteiger partial charge in [0.15, 0.2) is 0 Å². The molecule has 5 heteroatoms. The average Bonchev–Trinajstić information content (AvgIpc) is 2.45. The van der Waals surface area contributed by atoms with Gasteiger partial charge in [-0.1, -0.05) is 6.92 Å². The van der Waals surface area contributed by atoms with Crippen LogP contribution in [0.3, 0.4) is 0 Å². The molecule has 3 atom stereocenters. The van der Waals surface area contributed by atoms with Gasteiger partial charge in [-0.2, -0.15) is 4.98 Å². The van der Waals surface area contributed by atoms with Gasteiger partial charge < -0.3 is 10.5 Å². The molecule has 15 heavy (non-hydrogen) atoms. The van der Waals surface area contributed by atoms with E-state index in [1.165, 1.54) is 4.57 Å². The fourth-order valence-electron chi connectivity index (χ4n) is 2.03. The molecule has 0 radical (unpaired) electrons. The molecule has 0 saturated carbocycles. The summed E-state index contributed by atoms with van der Waals surface area (Å²) in [6.45, 7) is 4.07. The van der Waals surface area contributed by atoms with Gasteiger partial charge in [0.05, 0.1) is 6.10 Å². The third-order valence-corrected chi connectivity index (χ3v) is 2.69. The molecule has 2 heterocycles. The van der Waals surface area contributed by atoms with Crippen molar-refractivity contribution >= 4 is 5.82 Å². The number of hydrogen-bond acceptors (Lipinski definition) is 4. The highest BCUT2D eigenvalue weighted by molar-refractivity contribution is 5.23. The highest BCUT2D eigenvalue weighted by atomic mass is 16.5. The molecule has 1 aromatic heterocycles. The molecule has 2 N–H and O–H groups in total. The first kappa shape index (κ1) is 10.2. The number of nitrogens with two attached hydrogens (primary N) is 1. The lowest BCUT2D eigenvalue weighted by molar-refractivity contribution is -0.00542. The summed E-state index contributed by atoms with van der Waals surface area (Å²) in [5.74, 6) is 0.568. The number of aromatic nitrogens is 2. The Hall–Kier alpha value is -1.36. The lowest BCUT2D eigenvalue weighted by Crippen LogP contribution is -2.29. The highest BCUT2D eigenvalue weighted by Gasteiger charge is 2.31. The Morgan fingerprint density at radius 2 is 2.33 bits per heavy atom. The molecule has 82 valence electrons. The van der Waals surface area contributed by atoms with Gasteiger partial charge in [-0.3, -0.25) is 4.57 Å². The van der Waals surface area contributed by atoms with Gasteiger partial charge in [-0.25, -0.2) is 4.79 Å². The molecule has 1 fully saturated rings. The molecule has 1 aliphatic heterocycles. The minimum absolute atomic E-state index is 0.189. The second-order valence-corrected chi connectivity index (χ2v) is 4.09. The van der Waals surface area contributed by atoms with E-state index in [-0.39, 0.29) is 23.8 Å². The van der Waals surface area contributed by atoms with Crippen LogP contribution in [0.25, 0.3) is 0 Å². The lowest BCUT2D eigenvalue weighted by atomic mass is 10.1. The van der Waals surface area contributed by atoms with Crippen LogP contribution < -0.4 is 11.4 Å². The highest BCUT2D eigenvalue weighted by Crippen LogP contribution is 2.32. The first-order chi connectivity index (χ1) is 7.08. The Morgan fingerprint density at radius 1 is 1.60 bits per heavy atom. The van der Waals surface area contributed by atoms with Gasteiger partial charge in [-0.15, -0.1) is 0 Å². The molecule has 5 nitrogen and oxygen atoms in total. The largest absolute Gasteiger partial charge is 0.383 e. The summed E-state index contributed by atoms with van der Waals surface area (Å²) in [7, 11) is 0. The molecular formula is C10H15N3O2. The number of rotatable bonds is 1. The number of nitrogen functional groups attached to an aromatic ring is 1. The average molecular weight is 209 g/mol. The van der Waals surface area contributed by atoms with Gasteiger partial charge in [0.2, 0.25) is 0 Å². The molecule has 0 aliphatic carbocycles. The van der Waals surface area contributed by atoms with Crippen molar-refractivity contribution in [3.63, 3.8) is 0 Å². The van der Waals surface area contributed by atoms with Crippen molar-refractivity contribution in [1.29, 1.82) is 0 Å². The second kappa shape index (κ2) is 3.66. The molecule has 0 amide bonds. The summed E-state index contributed by atoms with van der Waals surface area (Å²) in [5.41, 5.74) is 5.08. The van der Waals surface area contributed by atoms with Crippen molar-refractivity contribution in [2.24, 2.45) is 5.92 Å². The van der Waals surface area contributed by atoms with E-state index in [0.29, 0.717) is 5.92 Å². The number of ether oxygens (including phenoxy) is 1. The maximum absolute atomic E-state index is 11.6. The normalized spacial score (nSPS) is 30.7. The minimum atomic E-state index is -0.346. The SMILES string of the molecule is CC1CC(C)C(n2ccc(N)nc2=O)O1. The van der Waals surface area contributed by atoms with Crippen LogP contribution in [0.2, 0.25) is 0 Å². The van der Waals surface area contributed by atoms with Crippen LogP contribution >= 0.6 is 0 Å². The summed E-state index contributed by atoms with van der Waals surface area (Å²) in [6, 6.07) is 1.61. The van der Waals surface area contributed by atoms with E-state index in [1.807, 2.05) is 6.92 Å². The van der Waals surface area contributed by atoms with E-state index in [9.17, 15) is 4.79 Å². The summed E-state index contributed by atoms with van der Waals surface area (Å²) >= 11 is 0. The summed E-state index contributed by atoms with van der Waals surface area (Å²) in [5, 5.41) is 0. The van der Waals surface area contributed by atoms with E-state index in [2.05, 4.69) is 11.9 Å². The molecular weight excluding hydrogens is 194 g/mol. The monoisotopic (exact) mass is 209 g/mol. The van der Waals surface area contributed by atoms with Crippen molar-refractivity contribution in [3.8, 4) is 0 Å². The van der Waals surface area contributed by atoms with E-state index >= 15 is 0 Å². The van der Waals surface area contributed by atoms with Crippen LogP contribution in [0.5, 0.6) is 0 Å². The van der Waals surface area contributed by atoms with Crippen molar-refractivity contribution < 1.29 is 4.74 Å². The smallest absolute Gasteiger partial charge is 0.351 e. The summed E-state index contributed by atoms with van der Waals surface area (Å²) in [6.07, 6.45) is 2.58. The molecule has 3 unspecified atom stereocenters. The van der Waals surface area contributed by atoms with E-state index in [4.69, 9.17) is 10.5 Å². The zero-order valence-electron chi connectivity index (χ0n) is 8.88. The summed E-state index contributed by atoms with van der Waals surface area (Å²) in [4.78, 5) is 15.3. The molecule has 1 saturated heterocycles. The van der Waals surface area contributed by atoms with Gasteiger partial charge >= 0.3 is 5.69 Å². The van der Waals surface area contributed by atoms with Crippen molar-refractivity contribution in [2.75, 3.05) is 5.73 Å². The Kier molecular flexibility index (Phi) is 2.48. The van der Waals surface area contributed by atoms with Gasteiger partial charge in [0.1, 0.15) is 12.0 Å². The van der Waals surface area contributed by atoms with Crippen LogP contribution in [0.15, 0.2) is 17.1 Å². The van der Waals surface area contributed by atoms with Crippen LogP contribution in [-0.2, 0) is 4.74 Å². The number of hydrogen-bond donors (Lipinski definition) is 1. The van der Waals surface area contributed by atoms with Crippen molar-refractivity contribution in [2.45, 2.75) is 32.6 Å². The predicted octanol–water partition coefficient (Wildman–Crippen LogP) is 0.769. The van der Waals surface area contributed by atoms with Crippen molar-refractivity contribution in [1.82, 2.24) is 9.55 Å². The Bertz CT molecular complexity index is 415. The van der Waals surface area contributed by atoms with E-state index in [0.717, 1.165) is 6.42 Å². The third-order valence-electron chi connectivity index (χ3n) is 2.69. The van der Waals surface area contributed by atoms with Crippen LogP contribution in [-0.4, -0.2) is 15.7 Å². The van der Waals surface area contributed by atoms with Gasteiger partial charge in [0.25, 0.3) is 0 Å². The molecule has 0 spiro atoms. The molecule has 2 rings (SSSR count). The molecule has 1 aliphatic rings. The summed E-state index contributed by atoms with van der Waals surface area (Å²) < 4.78 is 7.17. The Balaban J connectivity index is 2.34. The molecule has 1 aromatic rings. The fourth-order valence-corrected chi connectivity index (χ4v) is 2.03. The number of anilines is 1. The number of nitrogens with zero attached hydrogens (tertiary/aromatic N) is 2. The van der Waals surface area contributed by atoms with E-state index < -0.39 is 0 Å². The lowest BCUT2D eigenvalue weighted by Gasteiger charge is -2.17. The Labute approximate surface area is 87.9 Å². The second-order valence-electron chi connectivity index (χ2n) is 4.09. The van der Waals surface area contributed by atoms with Crippen molar-refractivity contribution in [3.05, 3.63) is 22.7 Å². The topological polar surface area (TPSA) is 70.1 Å². The quantitative estimate of drug-likeness (QED) is 0.741. The van der Waals surface area contributed by atoms with Crippen LogP contribution in [0.1, 0.15) is 26.5 Å². The maximum atomic E-state index is 11.6. The fraction of sp³-hybridized carbons (Fsp3) is 0.600. The molecule has 0 aromatic carbocycles. The molecule has 0 bridgehead atoms. The van der Waals surface area contributed by atoms with Gasteiger partial charge in [-0.05, 0) is 19.4 Å². The minimum Gasteiger partial charge on any atom is -0.383 e. The van der Waals surface area contributed by atoms with E-state index in [1.54, 1.807) is 12.3 Å². The van der Waals surface area contributed by atoms with Crippen LogP contribution in [0, 0.1) is 5.92 Å². The standard InChI is InChI=1S/C10H15N3O2/c1-6-5-7(2)15-9(6)13-4-3-8(11)12-10(13)14/h3-4,6-7,9H,5H2,1-2H3,(H2,11,12,14). The zero-order valence-corrected chi connectivity index (χ0v) is 8.88. The predicted molar refractivity (Wildman–Crippen MR) is 56.3 cm³/mol. The first-order valence-electron chi connectivity index (χ1n) is 5.08. The third kappa shape index (κ3) is 1.87. The van der Waals surface area contributed by atoms with Crippen LogP contribution in [0.4, 0.5) is 5.82 Å².